The highest BCUT2D eigenvalue weighted by Crippen LogP contribution is 2.17. The molecular formula is C29H52N6O6S. The number of nitrogens with zero attached hydrogens (tertiary/aromatic N) is 2. The van der Waals surface area contributed by atoms with E-state index in [1.807, 2.05) is 47.8 Å². The molecule has 5 N–H and O–H groups in total. The second-order valence-corrected chi connectivity index (χ2v) is 12.9. The van der Waals surface area contributed by atoms with Gasteiger partial charge >= 0.3 is 6.09 Å². The molecule has 0 bridgehead atoms. The number of aliphatic hydroxyl groups is 1. The predicted octanol–water partition coefficient (Wildman–Crippen LogP) is 2.21. The summed E-state index contributed by atoms with van der Waals surface area (Å²) in [5, 5.41) is 22.3. The number of thioether (sulfide) groups is 1. The van der Waals surface area contributed by atoms with Gasteiger partial charge in [0, 0.05) is 37.7 Å². The molecule has 12 nitrogen and oxygen atoms in total. The van der Waals surface area contributed by atoms with E-state index in [0.717, 1.165) is 0 Å². The zero-order valence-electron chi connectivity index (χ0n) is 26.6. The van der Waals surface area contributed by atoms with Gasteiger partial charge in [-0.25, -0.2) is 9.78 Å². The molecule has 0 unspecified atom stereocenters. The Hall–Kier alpha value is -2.80. The highest BCUT2D eigenvalue weighted by Gasteiger charge is 2.31. The van der Waals surface area contributed by atoms with Crippen LogP contribution in [0.15, 0.2) is 12.4 Å². The Morgan fingerprint density at radius 3 is 2.14 bits per heavy atom. The molecule has 0 radical (unpaired) electrons. The van der Waals surface area contributed by atoms with Crippen molar-refractivity contribution in [3.63, 3.8) is 0 Å². The van der Waals surface area contributed by atoms with Crippen molar-refractivity contribution in [1.82, 2.24) is 30.8 Å². The van der Waals surface area contributed by atoms with Gasteiger partial charge in [0.15, 0.2) is 6.61 Å². The fourth-order valence-corrected chi connectivity index (χ4v) is 4.75. The van der Waals surface area contributed by atoms with E-state index in [1.54, 1.807) is 30.9 Å². The van der Waals surface area contributed by atoms with Gasteiger partial charge in [0.1, 0.15) is 17.9 Å². The van der Waals surface area contributed by atoms with Crippen LogP contribution in [0.5, 0.6) is 0 Å². The predicted molar refractivity (Wildman–Crippen MR) is 164 cm³/mol. The zero-order chi connectivity index (χ0) is 32.0. The van der Waals surface area contributed by atoms with Crippen LogP contribution < -0.4 is 21.3 Å². The molecule has 0 fully saturated rings. The summed E-state index contributed by atoms with van der Waals surface area (Å²) in [6.45, 7) is 13.8. The summed E-state index contributed by atoms with van der Waals surface area (Å²) in [4.78, 5) is 55.5. The third kappa shape index (κ3) is 13.5. The van der Waals surface area contributed by atoms with E-state index in [2.05, 4.69) is 26.3 Å². The Morgan fingerprint density at radius 2 is 1.62 bits per heavy atom. The second kappa shape index (κ2) is 18.7. The maximum absolute atomic E-state index is 13.2. The maximum Gasteiger partial charge on any atom is 0.408 e. The van der Waals surface area contributed by atoms with Crippen LogP contribution in [0.3, 0.4) is 0 Å². The first-order valence-electron chi connectivity index (χ1n) is 14.6. The van der Waals surface area contributed by atoms with E-state index in [1.165, 1.54) is 11.8 Å². The smallest absolute Gasteiger partial charge is 0.408 e. The number of hydrogen-bond donors (Lipinski definition) is 5. The number of carbonyl (C=O) groups excluding carboxylic acids is 4. The number of alkyl carbamates (subject to hydrolysis) is 1. The van der Waals surface area contributed by atoms with Gasteiger partial charge in [-0.2, -0.15) is 11.8 Å². The normalized spacial score (nSPS) is 15.1. The van der Waals surface area contributed by atoms with E-state index in [4.69, 9.17) is 4.74 Å². The SMILES string of the molecule is CSC[C@H](NC(=O)OCc1nccn1C)C(=O)N[C@@H](CC(C)C)[C@@H](O)C[C@@H](C)C(=O)N[C@H](C(=O)NCC(C)C)C(C)C. The molecule has 0 aliphatic carbocycles. The summed E-state index contributed by atoms with van der Waals surface area (Å²) in [6, 6.07) is -2.25. The first-order chi connectivity index (χ1) is 19.7. The third-order valence-corrected chi connectivity index (χ3v) is 7.35. The van der Waals surface area contributed by atoms with E-state index in [9.17, 15) is 24.3 Å². The molecule has 0 spiro atoms. The zero-order valence-corrected chi connectivity index (χ0v) is 27.4. The first-order valence-corrected chi connectivity index (χ1v) is 16.0. The Morgan fingerprint density at radius 1 is 0.952 bits per heavy atom. The molecule has 5 atom stereocenters. The highest BCUT2D eigenvalue weighted by molar-refractivity contribution is 7.98. The number of amides is 4. The Balaban J connectivity index is 2.83. The molecule has 0 saturated carbocycles. The molecule has 0 aliphatic heterocycles. The lowest BCUT2D eigenvalue weighted by Crippen LogP contribution is -2.54. The summed E-state index contributed by atoms with van der Waals surface area (Å²) in [7, 11) is 1.78. The van der Waals surface area contributed by atoms with Gasteiger partial charge < -0.3 is 35.7 Å². The van der Waals surface area contributed by atoms with E-state index < -0.39 is 42.1 Å². The summed E-state index contributed by atoms with van der Waals surface area (Å²) in [5.74, 6) is -0.514. The Bertz CT molecular complexity index is 1000. The lowest BCUT2D eigenvalue weighted by molar-refractivity contribution is -0.132. The molecule has 0 aliphatic rings. The summed E-state index contributed by atoms with van der Waals surface area (Å²) in [6.07, 6.45) is 3.90. The number of imidazole rings is 1. The lowest BCUT2D eigenvalue weighted by Gasteiger charge is -2.30. The van der Waals surface area contributed by atoms with Crippen molar-refractivity contribution >= 4 is 35.6 Å². The van der Waals surface area contributed by atoms with Crippen LogP contribution in [0, 0.1) is 23.7 Å². The van der Waals surface area contributed by atoms with Crippen LogP contribution in [-0.4, -0.2) is 81.3 Å². The topological polar surface area (TPSA) is 164 Å². The molecule has 1 heterocycles. The first kappa shape index (κ1) is 37.2. The number of aliphatic hydroxyl groups excluding tert-OH is 1. The van der Waals surface area contributed by atoms with Crippen molar-refractivity contribution in [2.45, 2.75) is 92.1 Å². The third-order valence-electron chi connectivity index (χ3n) is 6.69. The molecular weight excluding hydrogens is 560 g/mol. The molecule has 240 valence electrons. The largest absolute Gasteiger partial charge is 0.441 e. The van der Waals surface area contributed by atoms with Crippen LogP contribution in [0.4, 0.5) is 4.79 Å². The van der Waals surface area contributed by atoms with Crippen molar-refractivity contribution in [3.05, 3.63) is 18.2 Å². The molecule has 0 aromatic carbocycles. The standard InChI is InChI=1S/C29H52N6O6S/c1-17(2)12-21(23(36)13-20(7)26(37)34-25(19(5)6)28(39)31-14-18(3)4)32-27(38)22(16-42-9)33-29(40)41-15-24-30-10-11-35(24)8/h10-11,17-23,25,36H,12-16H2,1-9H3,(H,31,39)(H,32,38)(H,33,40)(H,34,37)/t20-,21+,22+,23+,25+/m1/s1. The van der Waals surface area contributed by atoms with Crippen LogP contribution in [-0.2, 0) is 32.8 Å². The highest BCUT2D eigenvalue weighted by atomic mass is 32.2. The van der Waals surface area contributed by atoms with Crippen molar-refractivity contribution in [2.75, 3.05) is 18.6 Å². The van der Waals surface area contributed by atoms with Gasteiger partial charge in [0.05, 0.1) is 12.1 Å². The second-order valence-electron chi connectivity index (χ2n) is 12.0. The van der Waals surface area contributed by atoms with Crippen LogP contribution in [0.2, 0.25) is 0 Å². The number of aromatic nitrogens is 2. The van der Waals surface area contributed by atoms with Crippen molar-refractivity contribution in [2.24, 2.45) is 30.7 Å². The van der Waals surface area contributed by atoms with Crippen molar-refractivity contribution in [1.29, 1.82) is 0 Å². The van der Waals surface area contributed by atoms with Crippen molar-refractivity contribution < 1.29 is 29.0 Å². The minimum Gasteiger partial charge on any atom is -0.441 e. The number of rotatable bonds is 18. The average molecular weight is 613 g/mol. The molecule has 1 aromatic rings. The lowest BCUT2D eigenvalue weighted by atomic mass is 9.91. The van der Waals surface area contributed by atoms with E-state index >= 15 is 0 Å². The van der Waals surface area contributed by atoms with Gasteiger partial charge in [0.25, 0.3) is 0 Å². The van der Waals surface area contributed by atoms with Crippen molar-refractivity contribution in [3.8, 4) is 0 Å². The number of nitrogens with one attached hydrogen (secondary N) is 4. The van der Waals surface area contributed by atoms with E-state index in [0.29, 0.717) is 24.5 Å². The van der Waals surface area contributed by atoms with Gasteiger partial charge in [-0.15, -0.1) is 0 Å². The molecule has 1 aromatic heterocycles. The average Bonchev–Trinajstić information content (AvgIpc) is 3.32. The number of carbonyl (C=O) groups is 4. The van der Waals surface area contributed by atoms with Gasteiger partial charge in [-0.1, -0.05) is 48.5 Å². The summed E-state index contributed by atoms with van der Waals surface area (Å²) >= 11 is 1.38. The van der Waals surface area contributed by atoms with Crippen LogP contribution in [0.1, 0.15) is 67.1 Å². The molecule has 4 amide bonds. The number of ether oxygens (including phenoxy) is 1. The Kier molecular flexibility index (Phi) is 16.6. The fourth-order valence-electron chi connectivity index (χ4n) is 4.18. The molecule has 13 heteroatoms. The Labute approximate surface area is 254 Å². The minimum absolute atomic E-state index is 0.0470. The summed E-state index contributed by atoms with van der Waals surface area (Å²) < 4.78 is 6.96. The minimum atomic E-state index is -1.03. The van der Waals surface area contributed by atoms with E-state index in [-0.39, 0.29) is 42.6 Å². The van der Waals surface area contributed by atoms with Crippen LogP contribution in [0.25, 0.3) is 0 Å². The maximum atomic E-state index is 13.2. The molecule has 42 heavy (non-hydrogen) atoms. The molecule has 0 saturated heterocycles. The van der Waals surface area contributed by atoms with Crippen LogP contribution >= 0.6 is 11.8 Å². The van der Waals surface area contributed by atoms with Gasteiger partial charge in [-0.05, 0) is 36.9 Å². The van der Waals surface area contributed by atoms with Gasteiger partial charge in [0.2, 0.25) is 17.7 Å². The fraction of sp³-hybridized carbons (Fsp3) is 0.759. The van der Waals surface area contributed by atoms with Gasteiger partial charge in [-0.3, -0.25) is 14.4 Å². The monoisotopic (exact) mass is 612 g/mol. The molecule has 1 rings (SSSR count). The number of aryl methyl sites for hydroxylation is 1. The summed E-state index contributed by atoms with van der Waals surface area (Å²) in [5.41, 5.74) is 0. The quantitative estimate of drug-likeness (QED) is 0.168. The number of hydrogen-bond acceptors (Lipinski definition) is 8.